The largest absolute Gasteiger partial charge is 0.481 e. The van der Waals surface area contributed by atoms with Crippen LogP contribution in [0.4, 0.5) is 0 Å². The molecule has 0 aromatic rings. The van der Waals surface area contributed by atoms with Crippen molar-refractivity contribution in [2.75, 3.05) is 0 Å². The monoisotopic (exact) mass is 187 g/mol. The Morgan fingerprint density at radius 3 is 2.62 bits per heavy atom. The van der Waals surface area contributed by atoms with Gasteiger partial charge in [0.25, 0.3) is 0 Å². The van der Waals surface area contributed by atoms with Gasteiger partial charge in [-0.2, -0.15) is 0 Å². The third-order valence-corrected chi connectivity index (χ3v) is 2.11. The molecule has 1 fully saturated rings. The number of aliphatic carboxylic acids is 1. The summed E-state index contributed by atoms with van der Waals surface area (Å²) in [5, 5.41) is 8.40. The molecule has 0 unspecified atom stereocenters. The highest BCUT2D eigenvalue weighted by molar-refractivity contribution is 5.79. The van der Waals surface area contributed by atoms with Crippen molar-refractivity contribution >= 4 is 11.9 Å². The van der Waals surface area contributed by atoms with Crippen molar-refractivity contribution in [3.63, 3.8) is 0 Å². The van der Waals surface area contributed by atoms with Crippen LogP contribution < -0.4 is 5.73 Å². The molecular weight excluding hydrogens is 174 g/mol. The maximum absolute atomic E-state index is 10.7. The Kier molecular flexibility index (Phi) is 3.25. The number of hydrogen-bond acceptors (Lipinski definition) is 3. The van der Waals surface area contributed by atoms with E-state index < -0.39 is 18.0 Å². The number of carbonyl (C=O) groups excluding carboxylic acids is 1. The number of hydrogen-bond donors (Lipinski definition) is 2. The van der Waals surface area contributed by atoms with Crippen LogP contribution in [0.5, 0.6) is 0 Å². The quantitative estimate of drug-likeness (QED) is 0.642. The summed E-state index contributed by atoms with van der Waals surface area (Å²) in [5.41, 5.74) is 5.04. The summed E-state index contributed by atoms with van der Waals surface area (Å²) < 4.78 is 5.24. The van der Waals surface area contributed by atoms with Gasteiger partial charge in [-0.25, -0.2) is 0 Å². The maximum atomic E-state index is 10.7. The molecule has 0 aromatic heterocycles. The summed E-state index contributed by atoms with van der Waals surface area (Å²) in [6.07, 6.45) is 1.24. The van der Waals surface area contributed by atoms with E-state index in [2.05, 4.69) is 0 Å². The van der Waals surface area contributed by atoms with Crippen LogP contribution in [0.3, 0.4) is 0 Å². The SMILES string of the molecule is NC(=O)[C@@H]1CC[C@H](CCC(=O)O)O1. The van der Waals surface area contributed by atoms with Gasteiger partial charge in [-0.1, -0.05) is 0 Å². The first-order valence-corrected chi connectivity index (χ1v) is 4.26. The van der Waals surface area contributed by atoms with E-state index in [0.29, 0.717) is 12.8 Å². The summed E-state index contributed by atoms with van der Waals surface area (Å²) in [7, 11) is 0. The van der Waals surface area contributed by atoms with Gasteiger partial charge < -0.3 is 15.6 Å². The molecule has 1 saturated heterocycles. The van der Waals surface area contributed by atoms with Gasteiger partial charge in [-0.05, 0) is 19.3 Å². The number of carbonyl (C=O) groups is 2. The van der Waals surface area contributed by atoms with Crippen LogP contribution in [-0.4, -0.2) is 29.2 Å². The second kappa shape index (κ2) is 4.23. The predicted molar refractivity (Wildman–Crippen MR) is 44.0 cm³/mol. The Morgan fingerprint density at radius 2 is 2.15 bits per heavy atom. The molecule has 0 bridgehead atoms. The molecule has 1 aliphatic rings. The first kappa shape index (κ1) is 9.98. The fraction of sp³-hybridized carbons (Fsp3) is 0.750. The molecule has 0 spiro atoms. The summed E-state index contributed by atoms with van der Waals surface area (Å²) in [4.78, 5) is 20.9. The highest BCUT2D eigenvalue weighted by atomic mass is 16.5. The van der Waals surface area contributed by atoms with Crippen LogP contribution >= 0.6 is 0 Å². The lowest BCUT2D eigenvalue weighted by Gasteiger charge is -2.09. The molecule has 0 radical (unpaired) electrons. The number of carboxylic acids is 1. The van der Waals surface area contributed by atoms with E-state index >= 15 is 0 Å². The molecule has 3 N–H and O–H groups in total. The molecule has 1 rings (SSSR count). The highest BCUT2D eigenvalue weighted by Crippen LogP contribution is 2.22. The molecule has 5 heteroatoms. The average Bonchev–Trinajstić information content (AvgIpc) is 2.48. The van der Waals surface area contributed by atoms with Crippen LogP contribution in [-0.2, 0) is 14.3 Å². The maximum Gasteiger partial charge on any atom is 0.303 e. The fourth-order valence-corrected chi connectivity index (χ4v) is 1.41. The topological polar surface area (TPSA) is 89.6 Å². The zero-order valence-electron chi connectivity index (χ0n) is 7.23. The summed E-state index contributed by atoms with van der Waals surface area (Å²) in [5.74, 6) is -1.30. The normalized spacial score (nSPS) is 27.4. The number of nitrogens with two attached hydrogens (primary N) is 1. The van der Waals surface area contributed by atoms with Gasteiger partial charge in [-0.3, -0.25) is 9.59 Å². The first-order valence-electron chi connectivity index (χ1n) is 4.26. The lowest BCUT2D eigenvalue weighted by molar-refractivity contribution is -0.138. The van der Waals surface area contributed by atoms with Crippen molar-refractivity contribution in [3.05, 3.63) is 0 Å². The Bertz CT molecular complexity index is 216. The molecule has 1 aliphatic heterocycles. The second-order valence-electron chi connectivity index (χ2n) is 3.16. The van der Waals surface area contributed by atoms with Gasteiger partial charge in [0.1, 0.15) is 6.10 Å². The Morgan fingerprint density at radius 1 is 1.46 bits per heavy atom. The van der Waals surface area contributed by atoms with Crippen LogP contribution in [0.15, 0.2) is 0 Å². The van der Waals surface area contributed by atoms with E-state index in [-0.39, 0.29) is 12.5 Å². The fourth-order valence-electron chi connectivity index (χ4n) is 1.41. The number of carboxylic acid groups (broad SMARTS) is 1. The van der Waals surface area contributed by atoms with Crippen molar-refractivity contribution < 1.29 is 19.4 Å². The Labute approximate surface area is 75.9 Å². The minimum absolute atomic E-state index is 0.0795. The standard InChI is InChI=1S/C8H13NO4/c9-8(12)6-3-1-5(13-6)2-4-7(10)11/h5-6H,1-4H2,(H2,9,12)(H,10,11)/t5-,6+/m1/s1. The minimum atomic E-state index is -0.842. The van der Waals surface area contributed by atoms with E-state index in [1.807, 2.05) is 0 Å². The van der Waals surface area contributed by atoms with Gasteiger partial charge in [0.05, 0.1) is 6.10 Å². The third kappa shape index (κ3) is 3.02. The molecule has 5 nitrogen and oxygen atoms in total. The Hall–Kier alpha value is -1.10. The van der Waals surface area contributed by atoms with E-state index in [9.17, 15) is 9.59 Å². The number of rotatable bonds is 4. The predicted octanol–water partition coefficient (Wildman–Crippen LogP) is -0.116. The van der Waals surface area contributed by atoms with E-state index in [1.54, 1.807) is 0 Å². The van der Waals surface area contributed by atoms with Gasteiger partial charge in [0.2, 0.25) is 5.91 Å². The summed E-state index contributed by atoms with van der Waals surface area (Å²) in [6.45, 7) is 0. The number of primary amides is 1. The molecule has 0 aliphatic carbocycles. The molecular formula is C8H13NO4. The zero-order chi connectivity index (χ0) is 9.84. The molecule has 1 heterocycles. The van der Waals surface area contributed by atoms with Gasteiger partial charge in [0.15, 0.2) is 0 Å². The lowest BCUT2D eigenvalue weighted by Crippen LogP contribution is -2.28. The highest BCUT2D eigenvalue weighted by Gasteiger charge is 2.28. The molecule has 0 saturated carbocycles. The number of ether oxygens (including phenoxy) is 1. The van der Waals surface area contributed by atoms with Crippen molar-refractivity contribution in [1.82, 2.24) is 0 Å². The van der Waals surface area contributed by atoms with Gasteiger partial charge in [0, 0.05) is 6.42 Å². The van der Waals surface area contributed by atoms with Crippen LogP contribution in [0, 0.1) is 0 Å². The number of amides is 1. The smallest absolute Gasteiger partial charge is 0.303 e. The van der Waals surface area contributed by atoms with Crippen molar-refractivity contribution in [3.8, 4) is 0 Å². The summed E-state index contributed by atoms with van der Waals surface area (Å²) >= 11 is 0. The van der Waals surface area contributed by atoms with Gasteiger partial charge in [-0.15, -0.1) is 0 Å². The first-order chi connectivity index (χ1) is 6.09. The van der Waals surface area contributed by atoms with E-state index in [1.165, 1.54) is 0 Å². The molecule has 13 heavy (non-hydrogen) atoms. The molecule has 1 amide bonds. The van der Waals surface area contributed by atoms with E-state index in [4.69, 9.17) is 15.6 Å². The molecule has 0 aromatic carbocycles. The average molecular weight is 187 g/mol. The third-order valence-electron chi connectivity index (χ3n) is 2.11. The van der Waals surface area contributed by atoms with Crippen LogP contribution in [0.2, 0.25) is 0 Å². The molecule has 74 valence electrons. The lowest BCUT2D eigenvalue weighted by atomic mass is 10.1. The van der Waals surface area contributed by atoms with E-state index in [0.717, 1.165) is 6.42 Å². The van der Waals surface area contributed by atoms with Crippen molar-refractivity contribution in [2.24, 2.45) is 5.73 Å². The van der Waals surface area contributed by atoms with Crippen LogP contribution in [0.1, 0.15) is 25.7 Å². The second-order valence-corrected chi connectivity index (χ2v) is 3.16. The zero-order valence-corrected chi connectivity index (χ0v) is 7.23. The van der Waals surface area contributed by atoms with Crippen molar-refractivity contribution in [2.45, 2.75) is 37.9 Å². The van der Waals surface area contributed by atoms with Crippen LogP contribution in [0.25, 0.3) is 0 Å². The summed E-state index contributed by atoms with van der Waals surface area (Å²) in [6, 6.07) is 0. The Balaban J connectivity index is 2.25. The van der Waals surface area contributed by atoms with Crippen molar-refractivity contribution in [1.29, 1.82) is 0 Å². The molecule has 2 atom stereocenters. The minimum Gasteiger partial charge on any atom is -0.481 e. The van der Waals surface area contributed by atoms with Gasteiger partial charge >= 0.3 is 5.97 Å².